The quantitative estimate of drug-likeness (QED) is 0.584. The van der Waals surface area contributed by atoms with E-state index in [-0.39, 0.29) is 11.4 Å². The summed E-state index contributed by atoms with van der Waals surface area (Å²) >= 11 is 1.37. The van der Waals surface area contributed by atoms with Gasteiger partial charge in [-0.05, 0) is 33.3 Å². The molecule has 0 aromatic carbocycles. The highest BCUT2D eigenvalue weighted by Crippen LogP contribution is 2.27. The maximum absolute atomic E-state index is 12.1. The van der Waals surface area contributed by atoms with Crippen molar-refractivity contribution < 1.29 is 9.21 Å². The lowest BCUT2D eigenvalue weighted by Crippen LogP contribution is -2.43. The molecule has 0 bridgehead atoms. The van der Waals surface area contributed by atoms with Crippen LogP contribution in [0.2, 0.25) is 0 Å². The van der Waals surface area contributed by atoms with Gasteiger partial charge in [0.2, 0.25) is 5.91 Å². The second-order valence-corrected chi connectivity index (χ2v) is 7.11. The average Bonchev–Trinajstić information content (AvgIpc) is 3.11. The molecule has 2 rings (SSSR count). The number of hydrogen-bond acceptors (Lipinski definition) is 5. The van der Waals surface area contributed by atoms with Crippen LogP contribution in [0.4, 0.5) is 0 Å². The van der Waals surface area contributed by atoms with Crippen LogP contribution < -0.4 is 5.32 Å². The van der Waals surface area contributed by atoms with Crippen LogP contribution in [-0.4, -0.2) is 32.0 Å². The van der Waals surface area contributed by atoms with Crippen molar-refractivity contribution in [2.45, 2.75) is 51.4 Å². The Labute approximate surface area is 146 Å². The fourth-order valence-electron chi connectivity index (χ4n) is 2.14. The molecule has 2 aromatic rings. The first-order chi connectivity index (χ1) is 11.4. The van der Waals surface area contributed by atoms with Crippen molar-refractivity contribution in [2.75, 3.05) is 5.75 Å². The lowest BCUT2D eigenvalue weighted by molar-refractivity contribution is -0.120. The molecule has 0 fully saturated rings. The number of nitrogens with one attached hydrogen (secondary N) is 1. The number of nitrogens with zero attached hydrogens (tertiary/aromatic N) is 3. The van der Waals surface area contributed by atoms with Gasteiger partial charge in [-0.3, -0.25) is 9.36 Å². The van der Waals surface area contributed by atoms with E-state index in [1.165, 1.54) is 11.8 Å². The number of thioether (sulfide) groups is 1. The number of carbonyl (C=O) groups excluding carboxylic acids is 1. The SMILES string of the molecule is C=CCn1c(SCC(=O)NC(C)(C)CC)nnc1-c1ccoc1C. The minimum atomic E-state index is -0.203. The molecule has 2 aromatic heterocycles. The predicted octanol–water partition coefficient (Wildman–Crippen LogP) is 3.43. The van der Waals surface area contributed by atoms with Gasteiger partial charge in [-0.2, -0.15) is 0 Å². The number of carbonyl (C=O) groups is 1. The Bertz CT molecular complexity index is 718. The standard InChI is InChI=1S/C17H24N4O2S/c1-6-9-21-15(13-8-10-23-12(13)3)19-20-16(21)24-11-14(22)18-17(4,5)7-2/h6,8,10H,1,7,9,11H2,2-5H3,(H,18,22). The topological polar surface area (TPSA) is 73.0 Å². The molecule has 0 spiro atoms. The smallest absolute Gasteiger partial charge is 0.230 e. The first-order valence-corrected chi connectivity index (χ1v) is 8.89. The largest absolute Gasteiger partial charge is 0.469 e. The van der Waals surface area contributed by atoms with E-state index in [2.05, 4.69) is 22.1 Å². The molecule has 0 unspecified atom stereocenters. The van der Waals surface area contributed by atoms with Crippen LogP contribution in [0.5, 0.6) is 0 Å². The number of aromatic nitrogens is 3. The third kappa shape index (κ3) is 4.29. The summed E-state index contributed by atoms with van der Waals surface area (Å²) in [6, 6.07) is 1.86. The molecule has 0 aliphatic carbocycles. The molecule has 7 heteroatoms. The zero-order valence-electron chi connectivity index (χ0n) is 14.6. The van der Waals surface area contributed by atoms with E-state index in [1.54, 1.807) is 12.3 Å². The minimum Gasteiger partial charge on any atom is -0.469 e. The van der Waals surface area contributed by atoms with Crippen molar-refractivity contribution in [3.63, 3.8) is 0 Å². The Morgan fingerprint density at radius 1 is 1.50 bits per heavy atom. The summed E-state index contributed by atoms with van der Waals surface area (Å²) in [5.74, 6) is 1.79. The minimum absolute atomic E-state index is 0.0129. The van der Waals surface area contributed by atoms with Crippen LogP contribution in [0.15, 0.2) is 34.6 Å². The Morgan fingerprint density at radius 3 is 2.83 bits per heavy atom. The van der Waals surface area contributed by atoms with Crippen molar-refractivity contribution in [3.8, 4) is 11.4 Å². The van der Waals surface area contributed by atoms with Crippen LogP contribution >= 0.6 is 11.8 Å². The molecule has 0 radical (unpaired) electrons. The molecule has 0 saturated heterocycles. The van der Waals surface area contributed by atoms with Gasteiger partial charge in [0.25, 0.3) is 0 Å². The number of allylic oxidation sites excluding steroid dienone is 1. The molecular weight excluding hydrogens is 324 g/mol. The van der Waals surface area contributed by atoms with E-state index < -0.39 is 0 Å². The van der Waals surface area contributed by atoms with Gasteiger partial charge in [0, 0.05) is 12.1 Å². The van der Waals surface area contributed by atoms with Crippen LogP contribution in [-0.2, 0) is 11.3 Å². The molecule has 24 heavy (non-hydrogen) atoms. The zero-order chi connectivity index (χ0) is 17.7. The van der Waals surface area contributed by atoms with E-state index >= 15 is 0 Å². The van der Waals surface area contributed by atoms with Gasteiger partial charge >= 0.3 is 0 Å². The summed E-state index contributed by atoms with van der Waals surface area (Å²) in [5.41, 5.74) is 0.693. The predicted molar refractivity (Wildman–Crippen MR) is 95.9 cm³/mol. The Hall–Kier alpha value is -2.02. The summed E-state index contributed by atoms with van der Waals surface area (Å²) in [7, 11) is 0. The molecule has 0 aliphatic rings. The maximum Gasteiger partial charge on any atom is 0.230 e. The normalized spacial score (nSPS) is 11.5. The van der Waals surface area contributed by atoms with Crippen LogP contribution in [0.1, 0.15) is 33.0 Å². The first kappa shape index (κ1) is 18.3. The Kier molecular flexibility index (Phi) is 5.88. The number of furan rings is 1. The summed E-state index contributed by atoms with van der Waals surface area (Å²) in [6.45, 7) is 12.3. The molecule has 1 amide bonds. The molecule has 0 saturated carbocycles. The van der Waals surface area contributed by atoms with Gasteiger partial charge in [-0.1, -0.05) is 24.8 Å². The first-order valence-electron chi connectivity index (χ1n) is 7.90. The molecule has 2 heterocycles. The zero-order valence-corrected chi connectivity index (χ0v) is 15.4. The number of amides is 1. The molecule has 0 aliphatic heterocycles. The summed E-state index contributed by atoms with van der Waals surface area (Å²) in [5, 5.41) is 12.2. The van der Waals surface area contributed by atoms with E-state index in [0.29, 0.717) is 17.5 Å². The molecular formula is C17H24N4O2S. The molecule has 0 atom stereocenters. The summed E-state index contributed by atoms with van der Waals surface area (Å²) < 4.78 is 7.29. The highest BCUT2D eigenvalue weighted by Gasteiger charge is 2.20. The monoisotopic (exact) mass is 348 g/mol. The Morgan fingerprint density at radius 2 is 2.25 bits per heavy atom. The van der Waals surface area contributed by atoms with E-state index in [9.17, 15) is 4.79 Å². The lowest BCUT2D eigenvalue weighted by Gasteiger charge is -2.24. The third-order valence-corrected chi connectivity index (χ3v) is 4.79. The molecule has 1 N–H and O–H groups in total. The Balaban J connectivity index is 2.14. The van der Waals surface area contributed by atoms with Crippen molar-refractivity contribution in [1.82, 2.24) is 20.1 Å². The van der Waals surface area contributed by atoms with Crippen LogP contribution in [0.25, 0.3) is 11.4 Å². The van der Waals surface area contributed by atoms with E-state index in [1.807, 2.05) is 38.3 Å². The number of aryl methyl sites for hydroxylation is 1. The number of rotatable bonds is 8. The van der Waals surface area contributed by atoms with Crippen molar-refractivity contribution in [1.29, 1.82) is 0 Å². The second-order valence-electron chi connectivity index (χ2n) is 6.17. The van der Waals surface area contributed by atoms with Gasteiger partial charge in [0.05, 0.1) is 17.6 Å². The lowest BCUT2D eigenvalue weighted by atomic mass is 10.0. The highest BCUT2D eigenvalue weighted by molar-refractivity contribution is 7.99. The summed E-state index contributed by atoms with van der Waals surface area (Å²) in [6.07, 6.45) is 4.29. The average molecular weight is 348 g/mol. The van der Waals surface area contributed by atoms with E-state index in [4.69, 9.17) is 4.42 Å². The van der Waals surface area contributed by atoms with E-state index in [0.717, 1.165) is 23.6 Å². The number of hydrogen-bond donors (Lipinski definition) is 1. The summed E-state index contributed by atoms with van der Waals surface area (Å²) in [4.78, 5) is 12.1. The molecule has 6 nitrogen and oxygen atoms in total. The van der Waals surface area contributed by atoms with Gasteiger partial charge in [-0.25, -0.2) is 0 Å². The van der Waals surface area contributed by atoms with Crippen LogP contribution in [0, 0.1) is 6.92 Å². The van der Waals surface area contributed by atoms with Gasteiger partial charge in [-0.15, -0.1) is 16.8 Å². The van der Waals surface area contributed by atoms with Crippen LogP contribution in [0.3, 0.4) is 0 Å². The fraction of sp³-hybridized carbons (Fsp3) is 0.471. The van der Waals surface area contributed by atoms with Crippen molar-refractivity contribution in [3.05, 3.63) is 30.7 Å². The molecule has 130 valence electrons. The highest BCUT2D eigenvalue weighted by atomic mass is 32.2. The van der Waals surface area contributed by atoms with Crippen molar-refractivity contribution >= 4 is 17.7 Å². The third-order valence-electron chi connectivity index (χ3n) is 3.82. The fourth-order valence-corrected chi connectivity index (χ4v) is 2.89. The van der Waals surface area contributed by atoms with Crippen molar-refractivity contribution in [2.24, 2.45) is 0 Å². The van der Waals surface area contributed by atoms with Gasteiger partial charge in [0.15, 0.2) is 11.0 Å². The second kappa shape index (κ2) is 7.70. The van der Waals surface area contributed by atoms with Gasteiger partial charge in [0.1, 0.15) is 5.76 Å². The maximum atomic E-state index is 12.1. The van der Waals surface area contributed by atoms with Gasteiger partial charge < -0.3 is 9.73 Å².